The smallest absolute Gasteiger partial charge is 0.271 e. The van der Waals surface area contributed by atoms with Gasteiger partial charge in [-0.05, 0) is 18.2 Å². The van der Waals surface area contributed by atoms with Crippen molar-refractivity contribution in [3.05, 3.63) is 41.3 Å². The standard InChI is InChI=1S/C9H8ClN5O/c10-7-1-2-8(13-12-7)14-15-9(16)6-3-4-11-5-6/h1-5,11H,(H,13,14)(H,15,16). The first-order chi connectivity index (χ1) is 7.75. The van der Waals surface area contributed by atoms with Crippen LogP contribution in [0.25, 0.3) is 0 Å². The van der Waals surface area contributed by atoms with E-state index >= 15 is 0 Å². The van der Waals surface area contributed by atoms with E-state index in [4.69, 9.17) is 11.6 Å². The minimum atomic E-state index is -0.266. The molecule has 0 saturated carbocycles. The summed E-state index contributed by atoms with van der Waals surface area (Å²) in [5.41, 5.74) is 5.60. The molecule has 2 aromatic rings. The SMILES string of the molecule is O=C(NNc1ccc(Cl)nn1)c1cc[nH]c1. The highest BCUT2D eigenvalue weighted by Crippen LogP contribution is 2.05. The van der Waals surface area contributed by atoms with Crippen LogP contribution in [0.5, 0.6) is 0 Å². The number of halogens is 1. The molecule has 0 aliphatic carbocycles. The molecule has 82 valence electrons. The fraction of sp³-hybridized carbons (Fsp3) is 0. The van der Waals surface area contributed by atoms with Crippen LogP contribution in [-0.4, -0.2) is 21.1 Å². The van der Waals surface area contributed by atoms with Crippen LogP contribution in [0.1, 0.15) is 10.4 Å². The number of hydrogen-bond donors (Lipinski definition) is 3. The van der Waals surface area contributed by atoms with Crippen LogP contribution in [0.4, 0.5) is 5.82 Å². The van der Waals surface area contributed by atoms with Gasteiger partial charge in [0.25, 0.3) is 5.91 Å². The number of anilines is 1. The Bertz CT molecular complexity index is 467. The van der Waals surface area contributed by atoms with Crippen molar-refractivity contribution in [1.29, 1.82) is 0 Å². The Balaban J connectivity index is 1.93. The molecule has 2 heterocycles. The lowest BCUT2D eigenvalue weighted by Crippen LogP contribution is -2.29. The Morgan fingerprint density at radius 2 is 2.19 bits per heavy atom. The van der Waals surface area contributed by atoms with Crippen LogP contribution in [0, 0.1) is 0 Å². The van der Waals surface area contributed by atoms with Crippen LogP contribution in [0.3, 0.4) is 0 Å². The van der Waals surface area contributed by atoms with E-state index < -0.39 is 0 Å². The van der Waals surface area contributed by atoms with Gasteiger partial charge in [0.2, 0.25) is 0 Å². The van der Waals surface area contributed by atoms with Crippen molar-refractivity contribution >= 4 is 23.3 Å². The molecule has 6 nitrogen and oxygen atoms in total. The number of hydrogen-bond acceptors (Lipinski definition) is 4. The van der Waals surface area contributed by atoms with Gasteiger partial charge in [-0.1, -0.05) is 11.6 Å². The zero-order valence-corrected chi connectivity index (χ0v) is 8.82. The molecular weight excluding hydrogens is 230 g/mol. The highest BCUT2D eigenvalue weighted by Gasteiger charge is 2.04. The number of hydrazine groups is 1. The summed E-state index contributed by atoms with van der Waals surface area (Å²) in [5.74, 6) is 0.145. The van der Waals surface area contributed by atoms with Crippen LogP contribution in [-0.2, 0) is 0 Å². The number of aromatic amines is 1. The quantitative estimate of drug-likeness (QED) is 0.701. The van der Waals surface area contributed by atoms with Gasteiger partial charge in [0.05, 0.1) is 5.56 Å². The molecule has 0 bridgehead atoms. The Morgan fingerprint density at radius 1 is 1.31 bits per heavy atom. The van der Waals surface area contributed by atoms with E-state index in [1.807, 2.05) is 0 Å². The Labute approximate surface area is 96.0 Å². The van der Waals surface area contributed by atoms with Crippen molar-refractivity contribution in [2.24, 2.45) is 0 Å². The fourth-order valence-electron chi connectivity index (χ4n) is 1.04. The number of rotatable bonds is 3. The second-order valence-electron chi connectivity index (χ2n) is 2.92. The van der Waals surface area contributed by atoms with E-state index in [-0.39, 0.29) is 5.91 Å². The first-order valence-corrected chi connectivity index (χ1v) is 4.82. The third kappa shape index (κ3) is 2.48. The number of H-pyrrole nitrogens is 1. The van der Waals surface area contributed by atoms with Gasteiger partial charge in [-0.2, -0.15) is 0 Å². The van der Waals surface area contributed by atoms with Gasteiger partial charge < -0.3 is 4.98 Å². The molecule has 7 heteroatoms. The molecule has 0 unspecified atom stereocenters. The molecule has 3 N–H and O–H groups in total. The zero-order chi connectivity index (χ0) is 11.4. The topological polar surface area (TPSA) is 82.7 Å². The molecule has 0 radical (unpaired) electrons. The third-order valence-corrected chi connectivity index (χ3v) is 2.00. The lowest BCUT2D eigenvalue weighted by molar-refractivity contribution is 0.0962. The first-order valence-electron chi connectivity index (χ1n) is 4.44. The minimum Gasteiger partial charge on any atom is -0.367 e. The predicted molar refractivity (Wildman–Crippen MR) is 58.9 cm³/mol. The zero-order valence-electron chi connectivity index (χ0n) is 8.07. The molecule has 0 spiro atoms. The number of carbonyl (C=O) groups excluding carboxylic acids is 1. The first kappa shape index (κ1) is 10.4. The summed E-state index contributed by atoms with van der Waals surface area (Å²) in [4.78, 5) is 14.3. The van der Waals surface area contributed by atoms with Gasteiger partial charge in [0, 0.05) is 12.4 Å². The second kappa shape index (κ2) is 4.63. The van der Waals surface area contributed by atoms with Crippen LogP contribution in [0.15, 0.2) is 30.6 Å². The van der Waals surface area contributed by atoms with Gasteiger partial charge in [-0.3, -0.25) is 15.6 Å². The Morgan fingerprint density at radius 3 is 2.81 bits per heavy atom. The average Bonchev–Trinajstić information content (AvgIpc) is 2.81. The number of nitrogens with zero attached hydrogens (tertiary/aromatic N) is 2. The maximum Gasteiger partial charge on any atom is 0.271 e. The number of nitrogens with one attached hydrogen (secondary N) is 3. The minimum absolute atomic E-state index is 0.266. The van der Waals surface area contributed by atoms with Crippen LogP contribution in [0.2, 0.25) is 5.15 Å². The van der Waals surface area contributed by atoms with E-state index in [1.54, 1.807) is 30.6 Å². The molecule has 16 heavy (non-hydrogen) atoms. The highest BCUT2D eigenvalue weighted by molar-refractivity contribution is 6.29. The van der Waals surface area contributed by atoms with Crippen molar-refractivity contribution in [3.8, 4) is 0 Å². The summed E-state index contributed by atoms with van der Waals surface area (Å²) in [7, 11) is 0. The van der Waals surface area contributed by atoms with E-state index in [1.165, 1.54) is 0 Å². The molecule has 0 atom stereocenters. The molecule has 2 rings (SSSR count). The Kier molecular flexibility index (Phi) is 3.02. The largest absolute Gasteiger partial charge is 0.367 e. The molecule has 2 aromatic heterocycles. The number of amides is 1. The lowest BCUT2D eigenvalue weighted by atomic mass is 10.3. The van der Waals surface area contributed by atoms with Gasteiger partial charge in [0.1, 0.15) is 0 Å². The van der Waals surface area contributed by atoms with Gasteiger partial charge >= 0.3 is 0 Å². The molecule has 0 aliphatic heterocycles. The molecular formula is C9H8ClN5O. The summed E-state index contributed by atoms with van der Waals surface area (Å²) in [6.45, 7) is 0. The van der Waals surface area contributed by atoms with Crippen molar-refractivity contribution in [2.75, 3.05) is 5.43 Å². The fourth-order valence-corrected chi connectivity index (χ4v) is 1.14. The number of aromatic nitrogens is 3. The summed E-state index contributed by atoms with van der Waals surface area (Å²) < 4.78 is 0. The summed E-state index contributed by atoms with van der Waals surface area (Å²) in [6.07, 6.45) is 3.25. The van der Waals surface area contributed by atoms with Gasteiger partial charge in [0.15, 0.2) is 11.0 Å². The van der Waals surface area contributed by atoms with E-state index in [0.717, 1.165) is 0 Å². The van der Waals surface area contributed by atoms with Crippen LogP contribution >= 0.6 is 11.6 Å². The molecule has 0 fully saturated rings. The van der Waals surface area contributed by atoms with Gasteiger partial charge in [-0.15, -0.1) is 10.2 Å². The molecule has 0 aliphatic rings. The van der Waals surface area contributed by atoms with Crippen molar-refractivity contribution < 1.29 is 4.79 Å². The van der Waals surface area contributed by atoms with E-state index in [0.29, 0.717) is 16.5 Å². The maximum absolute atomic E-state index is 11.5. The summed E-state index contributed by atoms with van der Waals surface area (Å²) in [6, 6.07) is 4.83. The van der Waals surface area contributed by atoms with E-state index in [2.05, 4.69) is 26.0 Å². The average molecular weight is 238 g/mol. The predicted octanol–water partition coefficient (Wildman–Crippen LogP) is 1.21. The third-order valence-electron chi connectivity index (χ3n) is 1.80. The maximum atomic E-state index is 11.5. The highest BCUT2D eigenvalue weighted by atomic mass is 35.5. The number of carbonyl (C=O) groups is 1. The normalized spacial score (nSPS) is 9.81. The summed E-state index contributed by atoms with van der Waals surface area (Å²) in [5, 5.41) is 7.63. The van der Waals surface area contributed by atoms with Crippen molar-refractivity contribution in [3.63, 3.8) is 0 Å². The second-order valence-corrected chi connectivity index (χ2v) is 3.31. The lowest BCUT2D eigenvalue weighted by Gasteiger charge is -2.05. The van der Waals surface area contributed by atoms with Gasteiger partial charge in [-0.25, -0.2) is 0 Å². The Hall–Kier alpha value is -2.08. The van der Waals surface area contributed by atoms with Crippen LogP contribution < -0.4 is 10.9 Å². The van der Waals surface area contributed by atoms with Crippen molar-refractivity contribution in [1.82, 2.24) is 20.6 Å². The summed E-state index contributed by atoms with van der Waals surface area (Å²) >= 11 is 5.56. The molecule has 0 saturated heterocycles. The van der Waals surface area contributed by atoms with Crippen molar-refractivity contribution in [2.45, 2.75) is 0 Å². The van der Waals surface area contributed by atoms with E-state index in [9.17, 15) is 4.79 Å². The molecule has 0 aromatic carbocycles. The molecule has 1 amide bonds. The monoisotopic (exact) mass is 237 g/mol.